The second-order valence-electron chi connectivity index (χ2n) is 4.35. The Morgan fingerprint density at radius 3 is 2.60 bits per heavy atom. The molecule has 1 amide bonds. The summed E-state index contributed by atoms with van der Waals surface area (Å²) in [5.74, 6) is -0.231. The highest BCUT2D eigenvalue weighted by molar-refractivity contribution is 5.95. The van der Waals surface area contributed by atoms with E-state index in [9.17, 15) is 4.79 Å². The van der Waals surface area contributed by atoms with Crippen molar-refractivity contribution in [3.63, 3.8) is 0 Å². The van der Waals surface area contributed by atoms with Crippen LogP contribution in [0.5, 0.6) is 0 Å². The SMILES string of the molecule is C[C@@H](N)C(=O)Nc1ccc2oc(N(C)C)nc2c1.Cl.Cl. The highest BCUT2D eigenvalue weighted by atomic mass is 35.5. The molecule has 0 radical (unpaired) electrons. The Bertz CT molecular complexity index is 584. The van der Waals surface area contributed by atoms with Crippen LogP contribution >= 0.6 is 24.8 Å². The molecule has 2 rings (SSSR count). The van der Waals surface area contributed by atoms with E-state index in [1.165, 1.54) is 0 Å². The molecule has 1 heterocycles. The van der Waals surface area contributed by atoms with Gasteiger partial charge in [-0.25, -0.2) is 0 Å². The van der Waals surface area contributed by atoms with Crippen LogP contribution < -0.4 is 16.0 Å². The summed E-state index contributed by atoms with van der Waals surface area (Å²) in [6, 6.07) is 5.27. The molecular weight excluding hydrogens is 303 g/mol. The number of halogens is 2. The van der Waals surface area contributed by atoms with Crippen molar-refractivity contribution in [1.29, 1.82) is 0 Å². The number of benzene rings is 1. The van der Waals surface area contributed by atoms with E-state index in [0.717, 1.165) is 0 Å². The van der Waals surface area contributed by atoms with Crippen molar-refractivity contribution < 1.29 is 9.21 Å². The average molecular weight is 321 g/mol. The van der Waals surface area contributed by atoms with Gasteiger partial charge in [0.25, 0.3) is 6.01 Å². The van der Waals surface area contributed by atoms with Gasteiger partial charge in [0.15, 0.2) is 5.58 Å². The van der Waals surface area contributed by atoms with Crippen molar-refractivity contribution in [2.24, 2.45) is 5.73 Å². The van der Waals surface area contributed by atoms with Gasteiger partial charge in [0.2, 0.25) is 5.91 Å². The number of nitrogens with zero attached hydrogens (tertiary/aromatic N) is 2. The molecule has 0 unspecified atom stereocenters. The number of rotatable bonds is 3. The summed E-state index contributed by atoms with van der Waals surface area (Å²) >= 11 is 0. The van der Waals surface area contributed by atoms with E-state index in [0.29, 0.717) is 22.8 Å². The predicted molar refractivity (Wildman–Crippen MR) is 85.1 cm³/mol. The van der Waals surface area contributed by atoms with Gasteiger partial charge in [-0.15, -0.1) is 24.8 Å². The van der Waals surface area contributed by atoms with Crippen LogP contribution in [-0.4, -0.2) is 31.0 Å². The van der Waals surface area contributed by atoms with Crippen LogP contribution in [0.4, 0.5) is 11.7 Å². The molecule has 1 aromatic heterocycles. The maximum absolute atomic E-state index is 11.5. The van der Waals surface area contributed by atoms with E-state index < -0.39 is 6.04 Å². The molecule has 20 heavy (non-hydrogen) atoms. The van der Waals surface area contributed by atoms with Gasteiger partial charge < -0.3 is 20.4 Å². The number of hydrogen-bond acceptors (Lipinski definition) is 5. The van der Waals surface area contributed by atoms with Gasteiger partial charge >= 0.3 is 0 Å². The molecule has 1 aromatic carbocycles. The normalized spacial score (nSPS) is 11.2. The fourth-order valence-corrected chi connectivity index (χ4v) is 1.44. The maximum Gasteiger partial charge on any atom is 0.297 e. The molecule has 1 atom stereocenters. The lowest BCUT2D eigenvalue weighted by atomic mass is 10.2. The van der Waals surface area contributed by atoms with Crippen molar-refractivity contribution in [3.05, 3.63) is 18.2 Å². The molecule has 0 aliphatic heterocycles. The summed E-state index contributed by atoms with van der Waals surface area (Å²) in [7, 11) is 3.70. The molecule has 0 fully saturated rings. The first-order valence-corrected chi connectivity index (χ1v) is 5.62. The van der Waals surface area contributed by atoms with Crippen molar-refractivity contribution >= 4 is 53.5 Å². The van der Waals surface area contributed by atoms with Crippen molar-refractivity contribution in [2.45, 2.75) is 13.0 Å². The number of nitrogens with two attached hydrogens (primary N) is 1. The minimum absolute atomic E-state index is 0. The third-order valence-electron chi connectivity index (χ3n) is 2.44. The lowest BCUT2D eigenvalue weighted by molar-refractivity contribution is -0.117. The zero-order valence-electron chi connectivity index (χ0n) is 11.4. The number of oxazole rings is 1. The Balaban J connectivity index is 0.00000180. The second kappa shape index (κ2) is 7.33. The van der Waals surface area contributed by atoms with Crippen molar-refractivity contribution in [2.75, 3.05) is 24.3 Å². The van der Waals surface area contributed by atoms with Crippen molar-refractivity contribution in [1.82, 2.24) is 4.98 Å². The number of aromatic nitrogens is 1. The zero-order valence-corrected chi connectivity index (χ0v) is 13.0. The Morgan fingerprint density at radius 1 is 1.40 bits per heavy atom. The van der Waals surface area contributed by atoms with Crippen LogP contribution in [0.2, 0.25) is 0 Å². The third kappa shape index (κ3) is 4.00. The Kier molecular flexibility index (Phi) is 6.78. The number of nitrogens with one attached hydrogen (secondary N) is 1. The number of carbonyl (C=O) groups is 1. The van der Waals surface area contributed by atoms with E-state index in [1.54, 1.807) is 30.0 Å². The van der Waals surface area contributed by atoms with Crippen LogP contribution in [-0.2, 0) is 4.79 Å². The van der Waals surface area contributed by atoms with Crippen molar-refractivity contribution in [3.8, 4) is 0 Å². The van der Waals surface area contributed by atoms with Crippen LogP contribution in [0, 0.1) is 0 Å². The molecule has 0 saturated carbocycles. The molecule has 112 valence electrons. The first kappa shape index (κ1) is 18.5. The summed E-state index contributed by atoms with van der Waals surface area (Å²) in [6.07, 6.45) is 0. The molecular formula is C12H18Cl2N4O2. The molecule has 3 N–H and O–H groups in total. The molecule has 0 spiro atoms. The van der Waals surface area contributed by atoms with Gasteiger partial charge in [0, 0.05) is 19.8 Å². The summed E-state index contributed by atoms with van der Waals surface area (Å²) < 4.78 is 5.51. The Labute approximate surface area is 129 Å². The molecule has 6 nitrogen and oxygen atoms in total. The Hall–Kier alpha value is -1.50. The first-order valence-electron chi connectivity index (χ1n) is 5.62. The number of anilines is 2. The average Bonchev–Trinajstić information content (AvgIpc) is 2.71. The quantitative estimate of drug-likeness (QED) is 0.903. The number of fused-ring (bicyclic) bond motifs is 1. The predicted octanol–water partition coefficient (Wildman–Crippen LogP) is 2.02. The topological polar surface area (TPSA) is 84.4 Å². The van der Waals surface area contributed by atoms with Gasteiger partial charge in [-0.05, 0) is 25.1 Å². The summed E-state index contributed by atoms with van der Waals surface area (Å²) in [6.45, 7) is 1.63. The van der Waals surface area contributed by atoms with Gasteiger partial charge in [-0.1, -0.05) is 0 Å². The van der Waals surface area contributed by atoms with E-state index in [1.807, 2.05) is 14.1 Å². The highest BCUT2D eigenvalue weighted by Gasteiger charge is 2.10. The van der Waals surface area contributed by atoms with Crippen LogP contribution in [0.25, 0.3) is 11.1 Å². The summed E-state index contributed by atoms with van der Waals surface area (Å²) in [5, 5.41) is 2.71. The lowest BCUT2D eigenvalue weighted by Gasteiger charge is -2.06. The fourth-order valence-electron chi connectivity index (χ4n) is 1.44. The molecule has 0 aliphatic carbocycles. The first-order chi connectivity index (χ1) is 8.47. The largest absolute Gasteiger partial charge is 0.423 e. The Morgan fingerprint density at radius 2 is 2.05 bits per heavy atom. The standard InChI is InChI=1S/C12H16N4O2.2ClH/c1-7(13)11(17)14-8-4-5-10-9(6-8)15-12(18-10)16(2)3;;/h4-7H,13H2,1-3H3,(H,14,17);2*1H/t7-;;/m1../s1. The van der Waals surface area contributed by atoms with Crippen LogP contribution in [0.3, 0.4) is 0 Å². The van der Waals surface area contributed by atoms with Gasteiger partial charge in [-0.3, -0.25) is 4.79 Å². The number of amides is 1. The fraction of sp³-hybridized carbons (Fsp3) is 0.333. The molecule has 0 saturated heterocycles. The second-order valence-corrected chi connectivity index (χ2v) is 4.35. The van der Waals surface area contributed by atoms with E-state index in [4.69, 9.17) is 10.2 Å². The molecule has 8 heteroatoms. The van der Waals surface area contributed by atoms with Gasteiger partial charge in [0.05, 0.1) is 6.04 Å². The minimum Gasteiger partial charge on any atom is -0.423 e. The zero-order chi connectivity index (χ0) is 13.3. The monoisotopic (exact) mass is 320 g/mol. The number of carbonyl (C=O) groups excluding carboxylic acids is 1. The third-order valence-corrected chi connectivity index (χ3v) is 2.44. The van der Waals surface area contributed by atoms with Crippen LogP contribution in [0.15, 0.2) is 22.6 Å². The van der Waals surface area contributed by atoms with E-state index >= 15 is 0 Å². The van der Waals surface area contributed by atoms with Gasteiger partial charge in [-0.2, -0.15) is 4.98 Å². The van der Waals surface area contributed by atoms with E-state index in [2.05, 4.69) is 10.3 Å². The molecule has 2 aromatic rings. The number of hydrogen-bond donors (Lipinski definition) is 2. The smallest absolute Gasteiger partial charge is 0.297 e. The highest BCUT2D eigenvalue weighted by Crippen LogP contribution is 2.23. The molecule has 0 aliphatic rings. The summed E-state index contributed by atoms with van der Waals surface area (Å²) in [4.78, 5) is 17.6. The maximum atomic E-state index is 11.5. The van der Waals surface area contributed by atoms with Crippen LogP contribution in [0.1, 0.15) is 6.92 Å². The minimum atomic E-state index is -0.546. The van der Waals surface area contributed by atoms with E-state index in [-0.39, 0.29) is 30.7 Å². The molecule has 0 bridgehead atoms. The summed E-state index contributed by atoms with van der Waals surface area (Å²) in [5.41, 5.74) is 7.52. The van der Waals surface area contributed by atoms with Gasteiger partial charge in [0.1, 0.15) is 5.52 Å². The lowest BCUT2D eigenvalue weighted by Crippen LogP contribution is -2.32.